The molecule has 1 aliphatic heterocycles. The minimum Gasteiger partial charge on any atom is -0.481 e. The molecule has 1 rings (SSSR count). The number of hydrogen-bond acceptors (Lipinski definition) is 4. The van der Waals surface area contributed by atoms with Crippen LogP contribution in [0.2, 0.25) is 0 Å². The number of amides is 1. The van der Waals surface area contributed by atoms with E-state index in [9.17, 15) is 9.59 Å². The molecule has 1 heterocycles. The van der Waals surface area contributed by atoms with Crippen LogP contribution in [0.15, 0.2) is 0 Å². The highest BCUT2D eigenvalue weighted by atomic mass is 32.2. The van der Waals surface area contributed by atoms with Crippen LogP contribution in [0.1, 0.15) is 40.0 Å². The molecule has 1 aliphatic rings. The Morgan fingerprint density at radius 2 is 2.05 bits per heavy atom. The number of carbonyl (C=O) groups is 2. The molecule has 0 aromatic carbocycles. The van der Waals surface area contributed by atoms with Gasteiger partial charge in [0, 0.05) is 18.3 Å². The molecule has 1 N–H and O–H groups in total. The average molecular weight is 289 g/mol. The summed E-state index contributed by atoms with van der Waals surface area (Å²) >= 11 is 1.36. The van der Waals surface area contributed by atoms with Crippen LogP contribution in [0.25, 0.3) is 0 Å². The van der Waals surface area contributed by atoms with Gasteiger partial charge in [0.15, 0.2) is 0 Å². The molecule has 0 aliphatic carbocycles. The van der Waals surface area contributed by atoms with Crippen molar-refractivity contribution in [2.45, 2.75) is 51.7 Å². The van der Waals surface area contributed by atoms with Gasteiger partial charge in [-0.1, -0.05) is 0 Å². The molecule has 1 saturated heterocycles. The fourth-order valence-electron chi connectivity index (χ4n) is 2.02. The molecule has 0 aromatic heterocycles. The Bertz CT molecular complexity index is 327. The van der Waals surface area contributed by atoms with Crippen molar-refractivity contribution in [3.63, 3.8) is 0 Å². The average Bonchev–Trinajstić information content (AvgIpc) is 2.26. The lowest BCUT2D eigenvalue weighted by Crippen LogP contribution is -2.47. The Labute approximate surface area is 118 Å². The quantitative estimate of drug-likeness (QED) is 0.861. The van der Waals surface area contributed by atoms with Crippen molar-refractivity contribution in [3.05, 3.63) is 0 Å². The molecule has 0 saturated carbocycles. The van der Waals surface area contributed by atoms with Gasteiger partial charge in [-0.05, 0) is 40.0 Å². The van der Waals surface area contributed by atoms with Gasteiger partial charge in [0.05, 0.1) is 5.75 Å². The maximum absolute atomic E-state index is 12.1. The van der Waals surface area contributed by atoms with Gasteiger partial charge in [-0.3, -0.25) is 4.79 Å². The van der Waals surface area contributed by atoms with Crippen molar-refractivity contribution in [2.75, 3.05) is 18.1 Å². The normalized spacial score (nSPS) is 20.2. The van der Waals surface area contributed by atoms with Gasteiger partial charge >= 0.3 is 12.1 Å². The summed E-state index contributed by atoms with van der Waals surface area (Å²) in [5.74, 6) is -0.0749. The number of rotatable bonds is 4. The summed E-state index contributed by atoms with van der Waals surface area (Å²) in [5.41, 5.74) is -0.493. The lowest BCUT2D eigenvalue weighted by molar-refractivity contribution is -0.133. The van der Waals surface area contributed by atoms with Gasteiger partial charge in [-0.25, -0.2) is 4.79 Å². The van der Waals surface area contributed by atoms with Crippen LogP contribution in [0, 0.1) is 0 Å². The van der Waals surface area contributed by atoms with Gasteiger partial charge in [-0.15, -0.1) is 11.8 Å². The van der Waals surface area contributed by atoms with Crippen LogP contribution in [0.4, 0.5) is 4.79 Å². The monoisotopic (exact) mass is 289 g/mol. The zero-order valence-electron chi connectivity index (χ0n) is 11.8. The van der Waals surface area contributed by atoms with Gasteiger partial charge in [0.2, 0.25) is 0 Å². The van der Waals surface area contributed by atoms with E-state index in [0.717, 1.165) is 19.3 Å². The van der Waals surface area contributed by atoms with E-state index in [0.29, 0.717) is 12.3 Å². The Morgan fingerprint density at radius 3 is 2.63 bits per heavy atom. The highest BCUT2D eigenvalue weighted by molar-refractivity contribution is 7.99. The molecule has 5 nitrogen and oxygen atoms in total. The summed E-state index contributed by atoms with van der Waals surface area (Å²) in [6.45, 7) is 6.25. The third kappa shape index (κ3) is 6.18. The molecular weight excluding hydrogens is 266 g/mol. The Morgan fingerprint density at radius 1 is 1.37 bits per heavy atom. The van der Waals surface area contributed by atoms with Crippen LogP contribution < -0.4 is 0 Å². The first-order chi connectivity index (χ1) is 8.79. The smallest absolute Gasteiger partial charge is 0.410 e. The van der Waals surface area contributed by atoms with Gasteiger partial charge < -0.3 is 14.7 Å². The lowest BCUT2D eigenvalue weighted by Gasteiger charge is -2.36. The van der Waals surface area contributed by atoms with E-state index >= 15 is 0 Å². The number of carbonyl (C=O) groups excluding carboxylic acids is 1. The first kappa shape index (κ1) is 16.1. The molecule has 1 fully saturated rings. The number of aliphatic carboxylic acids is 1. The van der Waals surface area contributed by atoms with E-state index in [4.69, 9.17) is 9.84 Å². The minimum absolute atomic E-state index is 0.0820. The van der Waals surface area contributed by atoms with Crippen molar-refractivity contribution in [3.8, 4) is 0 Å². The van der Waals surface area contributed by atoms with Crippen molar-refractivity contribution in [1.29, 1.82) is 0 Å². The van der Waals surface area contributed by atoms with Crippen molar-refractivity contribution in [2.24, 2.45) is 0 Å². The van der Waals surface area contributed by atoms with Gasteiger partial charge in [-0.2, -0.15) is 0 Å². The van der Waals surface area contributed by atoms with Crippen LogP contribution in [-0.2, 0) is 9.53 Å². The van der Waals surface area contributed by atoms with Crippen LogP contribution in [0.3, 0.4) is 0 Å². The second-order valence-corrected chi connectivity index (χ2v) is 6.76. The standard InChI is InChI=1S/C13H23NO4S/c1-13(2,3)18-12(17)14-7-5-4-6-10(14)8-19-9-11(15)16/h10H,4-9H2,1-3H3,(H,15,16)/t10-/m1/s1. The zero-order chi connectivity index (χ0) is 14.5. The molecule has 19 heavy (non-hydrogen) atoms. The minimum atomic E-state index is -0.815. The van der Waals surface area contributed by atoms with Crippen molar-refractivity contribution >= 4 is 23.8 Å². The van der Waals surface area contributed by atoms with E-state index in [1.54, 1.807) is 4.90 Å². The molecule has 0 aromatic rings. The molecule has 0 spiro atoms. The highest BCUT2D eigenvalue weighted by Gasteiger charge is 2.30. The number of likely N-dealkylation sites (tertiary alicyclic amines) is 1. The van der Waals surface area contributed by atoms with Crippen molar-refractivity contribution in [1.82, 2.24) is 4.90 Å². The molecule has 1 amide bonds. The van der Waals surface area contributed by atoms with E-state index < -0.39 is 11.6 Å². The fraction of sp³-hybridized carbons (Fsp3) is 0.846. The number of thioether (sulfide) groups is 1. The number of hydrogen-bond donors (Lipinski definition) is 1. The largest absolute Gasteiger partial charge is 0.481 e. The number of carboxylic acid groups (broad SMARTS) is 1. The lowest BCUT2D eigenvalue weighted by atomic mass is 10.0. The summed E-state index contributed by atoms with van der Waals surface area (Å²) < 4.78 is 5.40. The number of carboxylic acids is 1. The summed E-state index contributed by atoms with van der Waals surface area (Å²) in [6, 6.07) is 0.0907. The van der Waals surface area contributed by atoms with Crippen LogP contribution in [0.5, 0.6) is 0 Å². The van der Waals surface area contributed by atoms with Crippen LogP contribution >= 0.6 is 11.8 Å². The molecule has 110 valence electrons. The summed E-state index contributed by atoms with van der Waals surface area (Å²) in [6.07, 6.45) is 2.70. The summed E-state index contributed by atoms with van der Waals surface area (Å²) in [4.78, 5) is 24.4. The zero-order valence-corrected chi connectivity index (χ0v) is 12.7. The Balaban J connectivity index is 2.51. The van der Waals surface area contributed by atoms with Crippen molar-refractivity contribution < 1.29 is 19.4 Å². The number of ether oxygens (including phenoxy) is 1. The van der Waals surface area contributed by atoms with E-state index in [1.807, 2.05) is 20.8 Å². The highest BCUT2D eigenvalue weighted by Crippen LogP contribution is 2.23. The first-order valence-corrected chi connectivity index (χ1v) is 7.74. The molecule has 0 bridgehead atoms. The molecule has 6 heteroatoms. The third-order valence-electron chi connectivity index (χ3n) is 2.79. The van der Waals surface area contributed by atoms with E-state index in [1.165, 1.54) is 11.8 Å². The molecule has 0 radical (unpaired) electrons. The number of nitrogens with zero attached hydrogens (tertiary/aromatic N) is 1. The van der Waals surface area contributed by atoms with E-state index in [2.05, 4.69) is 0 Å². The predicted octanol–water partition coefficient (Wildman–Crippen LogP) is 2.59. The first-order valence-electron chi connectivity index (χ1n) is 6.59. The third-order valence-corrected chi connectivity index (χ3v) is 3.86. The molecule has 1 atom stereocenters. The summed E-state index contributed by atoms with van der Waals surface area (Å²) in [7, 11) is 0. The number of piperidine rings is 1. The van der Waals surface area contributed by atoms with Gasteiger partial charge in [0.25, 0.3) is 0 Å². The Hall–Kier alpha value is -0.910. The van der Waals surface area contributed by atoms with Crippen LogP contribution in [-0.4, -0.2) is 51.8 Å². The summed E-state index contributed by atoms with van der Waals surface area (Å²) in [5, 5.41) is 8.64. The maximum Gasteiger partial charge on any atom is 0.410 e. The molecular formula is C13H23NO4S. The molecule has 0 unspecified atom stereocenters. The van der Waals surface area contributed by atoms with Gasteiger partial charge in [0.1, 0.15) is 5.60 Å². The topological polar surface area (TPSA) is 66.8 Å². The maximum atomic E-state index is 12.1. The predicted molar refractivity (Wildman–Crippen MR) is 75.5 cm³/mol. The SMILES string of the molecule is CC(C)(C)OC(=O)N1CCCC[C@@H]1CSCC(=O)O. The second kappa shape index (κ2) is 7.03. The Kier molecular flexibility index (Phi) is 5.97. The second-order valence-electron chi connectivity index (χ2n) is 5.73. The van der Waals surface area contributed by atoms with E-state index in [-0.39, 0.29) is 17.9 Å². The fourth-order valence-corrected chi connectivity index (χ4v) is 2.93.